The van der Waals surface area contributed by atoms with E-state index in [1.54, 1.807) is 18.2 Å². The lowest BCUT2D eigenvalue weighted by Crippen LogP contribution is -3.15. The number of nitrogens with one attached hydrogen (secondary N) is 1. The molecule has 3 aromatic rings. The quantitative estimate of drug-likeness (QED) is 0.496. The molecule has 1 saturated heterocycles. The fraction of sp³-hybridized carbons (Fsp3) is 0.240. The maximum atomic E-state index is 12.9. The van der Waals surface area contributed by atoms with Gasteiger partial charge in [0, 0.05) is 22.8 Å². The van der Waals surface area contributed by atoms with E-state index in [0.717, 1.165) is 13.1 Å². The van der Waals surface area contributed by atoms with Gasteiger partial charge in [0.05, 0.1) is 37.5 Å². The Morgan fingerprint density at radius 1 is 0.871 bits per heavy atom. The fourth-order valence-electron chi connectivity index (χ4n) is 4.40. The minimum absolute atomic E-state index is 0.00771. The number of nitro benzene ring substituents is 1. The first kappa shape index (κ1) is 20.8. The van der Waals surface area contributed by atoms with Gasteiger partial charge >= 0.3 is 0 Å². The second-order valence-electron chi connectivity index (χ2n) is 7.86. The number of rotatable bonds is 6. The molecule has 1 N–H and O–H groups in total. The molecule has 6 nitrogen and oxygen atoms in total. The highest BCUT2D eigenvalue weighted by Crippen LogP contribution is 2.21. The van der Waals surface area contributed by atoms with Gasteiger partial charge in [-0.2, -0.15) is 0 Å². The van der Waals surface area contributed by atoms with Crippen molar-refractivity contribution in [3.63, 3.8) is 0 Å². The van der Waals surface area contributed by atoms with Crippen LogP contribution in [0.4, 0.5) is 5.69 Å². The molecule has 1 amide bonds. The summed E-state index contributed by atoms with van der Waals surface area (Å²) in [6.45, 7) is 2.95. The average molecular weight is 417 g/mol. The van der Waals surface area contributed by atoms with Crippen LogP contribution in [-0.4, -0.2) is 41.9 Å². The van der Waals surface area contributed by atoms with E-state index in [4.69, 9.17) is 0 Å². The first-order valence-corrected chi connectivity index (χ1v) is 10.6. The maximum absolute atomic E-state index is 12.9. The van der Waals surface area contributed by atoms with Crippen molar-refractivity contribution >= 4 is 11.6 Å². The van der Waals surface area contributed by atoms with E-state index in [2.05, 4.69) is 48.5 Å². The summed E-state index contributed by atoms with van der Waals surface area (Å²) in [5, 5.41) is 11.2. The molecule has 0 saturated carbocycles. The number of quaternary nitrogens is 1. The smallest absolute Gasteiger partial charge is 0.273 e. The lowest BCUT2D eigenvalue weighted by molar-refractivity contribution is -0.929. The first-order valence-electron chi connectivity index (χ1n) is 10.6. The molecule has 158 valence electrons. The Morgan fingerprint density at radius 3 is 1.94 bits per heavy atom. The van der Waals surface area contributed by atoms with Gasteiger partial charge in [-0.05, 0) is 0 Å². The molecule has 1 aliphatic heterocycles. The van der Waals surface area contributed by atoms with Crippen LogP contribution in [0.25, 0.3) is 0 Å². The average Bonchev–Trinajstić information content (AvgIpc) is 2.81. The molecular formula is C25H26N3O3+. The molecule has 0 aliphatic carbocycles. The van der Waals surface area contributed by atoms with E-state index in [-0.39, 0.29) is 24.1 Å². The second-order valence-corrected chi connectivity index (χ2v) is 7.86. The number of nitrogens with zero attached hydrogens (tertiary/aromatic N) is 2. The third-order valence-corrected chi connectivity index (χ3v) is 5.96. The molecule has 1 aliphatic rings. The summed E-state index contributed by atoms with van der Waals surface area (Å²) in [4.78, 5) is 26.9. The fourth-order valence-corrected chi connectivity index (χ4v) is 4.40. The molecule has 0 atom stereocenters. The molecule has 0 aromatic heterocycles. The van der Waals surface area contributed by atoms with Gasteiger partial charge in [0.1, 0.15) is 6.04 Å². The van der Waals surface area contributed by atoms with Gasteiger partial charge in [0.25, 0.3) is 5.69 Å². The van der Waals surface area contributed by atoms with Crippen LogP contribution in [0.1, 0.15) is 22.7 Å². The summed E-state index contributed by atoms with van der Waals surface area (Å²) in [6.07, 6.45) is 0.0628. The molecule has 4 rings (SSSR count). The summed E-state index contributed by atoms with van der Waals surface area (Å²) < 4.78 is 0. The van der Waals surface area contributed by atoms with Gasteiger partial charge in [0.15, 0.2) is 0 Å². The Kier molecular flexibility index (Phi) is 6.38. The lowest BCUT2D eigenvalue weighted by Gasteiger charge is -2.37. The van der Waals surface area contributed by atoms with Crippen molar-refractivity contribution in [1.29, 1.82) is 0 Å². The van der Waals surface area contributed by atoms with Gasteiger partial charge in [-0.3, -0.25) is 14.9 Å². The Morgan fingerprint density at radius 2 is 1.39 bits per heavy atom. The number of hydrogen-bond donors (Lipinski definition) is 1. The number of carbonyl (C=O) groups is 1. The van der Waals surface area contributed by atoms with Crippen LogP contribution >= 0.6 is 0 Å². The van der Waals surface area contributed by atoms with Crippen molar-refractivity contribution < 1.29 is 14.6 Å². The number of nitro groups is 1. The summed E-state index contributed by atoms with van der Waals surface area (Å²) in [6, 6.07) is 27.7. The van der Waals surface area contributed by atoms with Crippen molar-refractivity contribution in [2.45, 2.75) is 12.5 Å². The zero-order valence-electron chi connectivity index (χ0n) is 17.3. The summed E-state index contributed by atoms with van der Waals surface area (Å²) in [7, 11) is 0. The minimum Gasteiger partial charge on any atom is -0.331 e. The third kappa shape index (κ3) is 4.81. The highest BCUT2D eigenvalue weighted by molar-refractivity contribution is 5.80. The van der Waals surface area contributed by atoms with E-state index in [0.29, 0.717) is 18.7 Å². The van der Waals surface area contributed by atoms with Crippen molar-refractivity contribution in [3.8, 4) is 0 Å². The van der Waals surface area contributed by atoms with Gasteiger partial charge in [0.2, 0.25) is 5.91 Å². The Labute approximate surface area is 181 Å². The number of carbonyl (C=O) groups excluding carboxylic acids is 1. The molecule has 0 bridgehead atoms. The van der Waals surface area contributed by atoms with Gasteiger partial charge < -0.3 is 9.80 Å². The third-order valence-electron chi connectivity index (χ3n) is 5.96. The number of amides is 1. The largest absolute Gasteiger partial charge is 0.331 e. The van der Waals surface area contributed by atoms with E-state index in [1.807, 2.05) is 17.0 Å². The summed E-state index contributed by atoms with van der Waals surface area (Å²) in [5.74, 6) is -0.0516. The number of benzene rings is 3. The van der Waals surface area contributed by atoms with Gasteiger partial charge in [-0.1, -0.05) is 78.9 Å². The predicted molar refractivity (Wildman–Crippen MR) is 119 cm³/mol. The molecule has 0 radical (unpaired) electrons. The van der Waals surface area contributed by atoms with Crippen molar-refractivity contribution in [1.82, 2.24) is 4.90 Å². The number of para-hydroxylation sites is 1. The highest BCUT2D eigenvalue weighted by Gasteiger charge is 2.31. The van der Waals surface area contributed by atoms with Crippen LogP contribution in [0.3, 0.4) is 0 Å². The highest BCUT2D eigenvalue weighted by atomic mass is 16.6. The van der Waals surface area contributed by atoms with E-state index in [1.165, 1.54) is 22.1 Å². The zero-order valence-corrected chi connectivity index (χ0v) is 17.3. The van der Waals surface area contributed by atoms with Gasteiger partial charge in [-0.25, -0.2) is 0 Å². The molecule has 1 fully saturated rings. The molecular weight excluding hydrogens is 390 g/mol. The normalized spacial score (nSPS) is 14.5. The lowest BCUT2D eigenvalue weighted by atomic mass is 9.96. The zero-order chi connectivity index (χ0) is 21.6. The van der Waals surface area contributed by atoms with Crippen molar-refractivity contribution in [2.24, 2.45) is 0 Å². The summed E-state index contributed by atoms with van der Waals surface area (Å²) in [5.41, 5.74) is 3.01. The van der Waals surface area contributed by atoms with Crippen LogP contribution in [0.2, 0.25) is 0 Å². The second kappa shape index (κ2) is 9.53. The predicted octanol–water partition coefficient (Wildman–Crippen LogP) is 2.65. The maximum Gasteiger partial charge on any atom is 0.273 e. The number of piperazine rings is 1. The van der Waals surface area contributed by atoms with Gasteiger partial charge in [-0.15, -0.1) is 0 Å². The van der Waals surface area contributed by atoms with E-state index >= 15 is 0 Å². The van der Waals surface area contributed by atoms with E-state index in [9.17, 15) is 14.9 Å². The standard InChI is InChI=1S/C25H25N3O3/c29-24(19-22-13-7-8-14-23(22)28(30)31)26-15-17-27(18-16-26)25(20-9-3-1-4-10-20)21-11-5-2-6-12-21/h1-14,25H,15-19H2/p+1. The number of hydrogen-bond acceptors (Lipinski definition) is 3. The monoisotopic (exact) mass is 416 g/mol. The molecule has 0 unspecified atom stereocenters. The van der Waals surface area contributed by atoms with Crippen LogP contribution in [0.15, 0.2) is 84.9 Å². The van der Waals surface area contributed by atoms with Crippen LogP contribution < -0.4 is 4.90 Å². The SMILES string of the molecule is O=C(Cc1ccccc1[N+](=O)[O-])N1CC[NH+](C(c2ccccc2)c2ccccc2)CC1. The molecule has 3 aromatic carbocycles. The van der Waals surface area contributed by atoms with Crippen molar-refractivity contribution in [2.75, 3.05) is 26.2 Å². The van der Waals surface area contributed by atoms with E-state index < -0.39 is 4.92 Å². The van der Waals surface area contributed by atoms with Crippen molar-refractivity contribution in [3.05, 3.63) is 112 Å². The Bertz CT molecular complexity index is 993. The topological polar surface area (TPSA) is 67.9 Å². The van der Waals surface area contributed by atoms with Crippen LogP contribution in [0.5, 0.6) is 0 Å². The minimum atomic E-state index is -0.422. The first-order chi connectivity index (χ1) is 15.1. The Hall–Kier alpha value is -3.51. The Balaban J connectivity index is 1.46. The molecule has 6 heteroatoms. The van der Waals surface area contributed by atoms with Crippen LogP contribution in [-0.2, 0) is 11.2 Å². The summed E-state index contributed by atoms with van der Waals surface area (Å²) >= 11 is 0. The molecule has 0 spiro atoms. The molecule has 1 heterocycles. The van der Waals surface area contributed by atoms with Crippen LogP contribution in [0, 0.1) is 10.1 Å². The molecule has 31 heavy (non-hydrogen) atoms.